The number of rotatable bonds is 4. The zero-order chi connectivity index (χ0) is 11.4. The highest BCUT2D eigenvalue weighted by Crippen LogP contribution is 2.06. The Kier molecular flexibility index (Phi) is 3.43. The van der Waals surface area contributed by atoms with Gasteiger partial charge in [0.05, 0.1) is 11.8 Å². The van der Waals surface area contributed by atoms with Crippen LogP contribution in [0.15, 0.2) is 6.20 Å². The smallest absolute Gasteiger partial charge is 0.322 e. The Morgan fingerprint density at radius 3 is 2.73 bits per heavy atom. The molecule has 6 heteroatoms. The highest BCUT2D eigenvalue weighted by Gasteiger charge is 2.13. The van der Waals surface area contributed by atoms with E-state index in [9.17, 15) is 9.59 Å². The van der Waals surface area contributed by atoms with E-state index < -0.39 is 11.9 Å². The van der Waals surface area contributed by atoms with E-state index in [4.69, 9.17) is 5.11 Å². The normalized spacial score (nSPS) is 10.0. The van der Waals surface area contributed by atoms with E-state index in [0.717, 1.165) is 5.69 Å². The number of nitrogens with one attached hydrogen (secondary N) is 1. The van der Waals surface area contributed by atoms with Crippen LogP contribution in [-0.2, 0) is 11.3 Å². The molecule has 1 amide bonds. The number of aliphatic carboxylic acids is 1. The highest BCUT2D eigenvalue weighted by molar-refractivity contribution is 5.96. The summed E-state index contributed by atoms with van der Waals surface area (Å²) in [6, 6.07) is 0. The van der Waals surface area contributed by atoms with Crippen LogP contribution in [-0.4, -0.2) is 33.3 Å². The molecule has 1 aromatic heterocycles. The first-order chi connectivity index (χ1) is 7.06. The van der Waals surface area contributed by atoms with E-state index in [-0.39, 0.29) is 6.54 Å². The number of carbonyl (C=O) groups is 2. The van der Waals surface area contributed by atoms with Gasteiger partial charge in [-0.1, -0.05) is 0 Å². The Bertz CT molecular complexity index is 384. The van der Waals surface area contributed by atoms with Crippen molar-refractivity contribution in [3.63, 3.8) is 0 Å². The molecule has 0 unspecified atom stereocenters. The average Bonchev–Trinajstić information content (AvgIpc) is 2.56. The monoisotopic (exact) mass is 211 g/mol. The Morgan fingerprint density at radius 2 is 2.27 bits per heavy atom. The van der Waals surface area contributed by atoms with Gasteiger partial charge in [0.2, 0.25) is 0 Å². The number of hydrogen-bond acceptors (Lipinski definition) is 3. The molecular weight excluding hydrogens is 198 g/mol. The molecule has 0 aliphatic rings. The summed E-state index contributed by atoms with van der Waals surface area (Å²) in [5.74, 6) is -1.47. The Labute approximate surface area is 86.9 Å². The topological polar surface area (TPSA) is 84.2 Å². The van der Waals surface area contributed by atoms with Gasteiger partial charge in [0.25, 0.3) is 5.91 Å². The molecule has 0 spiro atoms. The Hall–Kier alpha value is -1.85. The van der Waals surface area contributed by atoms with Crippen LogP contribution in [0.1, 0.15) is 23.0 Å². The molecule has 82 valence electrons. The van der Waals surface area contributed by atoms with E-state index in [0.29, 0.717) is 12.1 Å². The Morgan fingerprint density at radius 1 is 1.60 bits per heavy atom. The van der Waals surface area contributed by atoms with Crippen LogP contribution < -0.4 is 5.32 Å². The number of carbonyl (C=O) groups excluding carboxylic acids is 1. The van der Waals surface area contributed by atoms with Gasteiger partial charge in [-0.2, -0.15) is 5.10 Å². The van der Waals surface area contributed by atoms with Crippen molar-refractivity contribution in [3.05, 3.63) is 17.5 Å². The lowest BCUT2D eigenvalue weighted by Gasteiger charge is -2.02. The summed E-state index contributed by atoms with van der Waals surface area (Å²) in [5, 5.41) is 14.7. The van der Waals surface area contributed by atoms with E-state index in [1.165, 1.54) is 6.20 Å². The van der Waals surface area contributed by atoms with Gasteiger partial charge in [0.15, 0.2) is 0 Å². The predicted molar refractivity (Wildman–Crippen MR) is 52.6 cm³/mol. The largest absolute Gasteiger partial charge is 0.480 e. The molecule has 1 aromatic rings. The van der Waals surface area contributed by atoms with Gasteiger partial charge in [-0.3, -0.25) is 14.3 Å². The van der Waals surface area contributed by atoms with E-state index in [1.54, 1.807) is 11.6 Å². The maximum atomic E-state index is 11.5. The lowest BCUT2D eigenvalue weighted by atomic mass is 10.2. The fraction of sp³-hybridized carbons (Fsp3) is 0.444. The third-order valence-corrected chi connectivity index (χ3v) is 2.05. The van der Waals surface area contributed by atoms with E-state index in [1.807, 2.05) is 6.92 Å². The predicted octanol–water partition coefficient (Wildman–Crippen LogP) is 0.0258. The van der Waals surface area contributed by atoms with Gasteiger partial charge in [-0.25, -0.2) is 0 Å². The molecule has 0 aliphatic carbocycles. The zero-order valence-electron chi connectivity index (χ0n) is 8.65. The molecule has 2 N–H and O–H groups in total. The number of aryl methyl sites for hydroxylation is 1. The minimum absolute atomic E-state index is 0.379. The molecule has 1 rings (SSSR count). The summed E-state index contributed by atoms with van der Waals surface area (Å²) in [5.41, 5.74) is 1.15. The summed E-state index contributed by atoms with van der Waals surface area (Å²) < 4.78 is 1.68. The highest BCUT2D eigenvalue weighted by atomic mass is 16.4. The lowest BCUT2D eigenvalue weighted by molar-refractivity contribution is -0.135. The van der Waals surface area contributed by atoms with Crippen molar-refractivity contribution < 1.29 is 14.7 Å². The molecule has 15 heavy (non-hydrogen) atoms. The molecule has 1 heterocycles. The molecular formula is C9H13N3O3. The standard InChI is InChI=1S/C9H13N3O3/c1-3-12-6(2)7(4-11-12)9(15)10-5-8(13)14/h4H,3,5H2,1-2H3,(H,10,15)(H,13,14). The molecule has 0 saturated carbocycles. The number of hydrogen-bond donors (Lipinski definition) is 2. The van der Waals surface area contributed by atoms with Crippen molar-refractivity contribution in [2.75, 3.05) is 6.54 Å². The maximum absolute atomic E-state index is 11.5. The van der Waals surface area contributed by atoms with Crippen molar-refractivity contribution in [1.82, 2.24) is 15.1 Å². The first-order valence-electron chi connectivity index (χ1n) is 4.58. The van der Waals surface area contributed by atoms with Crippen molar-refractivity contribution >= 4 is 11.9 Å². The summed E-state index contributed by atoms with van der Waals surface area (Å²) in [4.78, 5) is 21.7. The maximum Gasteiger partial charge on any atom is 0.322 e. The van der Waals surface area contributed by atoms with Crippen LogP contribution in [0.2, 0.25) is 0 Å². The van der Waals surface area contributed by atoms with Crippen LogP contribution in [0.4, 0.5) is 0 Å². The molecule has 0 fully saturated rings. The first kappa shape index (κ1) is 11.2. The van der Waals surface area contributed by atoms with Crippen LogP contribution in [0.25, 0.3) is 0 Å². The van der Waals surface area contributed by atoms with Crippen LogP contribution in [0.5, 0.6) is 0 Å². The lowest BCUT2D eigenvalue weighted by Crippen LogP contribution is -2.29. The van der Waals surface area contributed by atoms with Gasteiger partial charge in [-0.15, -0.1) is 0 Å². The van der Waals surface area contributed by atoms with Crippen LogP contribution >= 0.6 is 0 Å². The third kappa shape index (κ3) is 2.55. The van der Waals surface area contributed by atoms with Gasteiger partial charge >= 0.3 is 5.97 Å². The van der Waals surface area contributed by atoms with Crippen molar-refractivity contribution in [1.29, 1.82) is 0 Å². The minimum Gasteiger partial charge on any atom is -0.480 e. The van der Waals surface area contributed by atoms with Gasteiger partial charge < -0.3 is 10.4 Å². The fourth-order valence-corrected chi connectivity index (χ4v) is 1.24. The molecule has 0 aliphatic heterocycles. The summed E-state index contributed by atoms with van der Waals surface area (Å²) in [7, 11) is 0. The number of nitrogens with zero attached hydrogens (tertiary/aromatic N) is 2. The Balaban J connectivity index is 2.74. The van der Waals surface area contributed by atoms with Gasteiger partial charge in [-0.05, 0) is 13.8 Å². The number of carboxylic acids is 1. The van der Waals surface area contributed by atoms with E-state index >= 15 is 0 Å². The number of carboxylic acid groups (broad SMARTS) is 1. The number of amides is 1. The molecule has 6 nitrogen and oxygen atoms in total. The number of aromatic nitrogens is 2. The molecule has 0 saturated heterocycles. The second-order valence-electron chi connectivity index (χ2n) is 3.04. The van der Waals surface area contributed by atoms with Gasteiger partial charge in [0.1, 0.15) is 6.54 Å². The zero-order valence-corrected chi connectivity index (χ0v) is 8.65. The molecule has 0 aromatic carbocycles. The average molecular weight is 211 g/mol. The third-order valence-electron chi connectivity index (χ3n) is 2.05. The SMILES string of the molecule is CCn1ncc(C(=O)NCC(=O)O)c1C. The first-order valence-corrected chi connectivity index (χ1v) is 4.58. The fourth-order valence-electron chi connectivity index (χ4n) is 1.24. The summed E-state index contributed by atoms with van der Waals surface area (Å²) in [6.45, 7) is 3.98. The molecule has 0 radical (unpaired) electrons. The summed E-state index contributed by atoms with van der Waals surface area (Å²) >= 11 is 0. The van der Waals surface area contributed by atoms with Crippen LogP contribution in [0.3, 0.4) is 0 Å². The molecule has 0 bridgehead atoms. The second-order valence-corrected chi connectivity index (χ2v) is 3.04. The van der Waals surface area contributed by atoms with Crippen molar-refractivity contribution in [2.45, 2.75) is 20.4 Å². The van der Waals surface area contributed by atoms with E-state index in [2.05, 4.69) is 10.4 Å². The van der Waals surface area contributed by atoms with Gasteiger partial charge in [0, 0.05) is 12.2 Å². The second kappa shape index (κ2) is 4.59. The van der Waals surface area contributed by atoms with Crippen molar-refractivity contribution in [3.8, 4) is 0 Å². The molecule has 0 atom stereocenters. The van der Waals surface area contributed by atoms with Crippen LogP contribution in [0, 0.1) is 6.92 Å². The minimum atomic E-state index is -1.07. The summed E-state index contributed by atoms with van der Waals surface area (Å²) in [6.07, 6.45) is 1.44. The van der Waals surface area contributed by atoms with Crippen molar-refractivity contribution in [2.24, 2.45) is 0 Å². The quantitative estimate of drug-likeness (QED) is 0.735.